The topological polar surface area (TPSA) is 29.9 Å². The van der Waals surface area contributed by atoms with E-state index in [1.165, 1.54) is 18.5 Å². The molecule has 0 spiro atoms. The Morgan fingerprint density at radius 3 is 2.35 bits per heavy atom. The Kier molecular flexibility index (Phi) is 5.81. The average molecular weight is 279 g/mol. The van der Waals surface area contributed by atoms with Gasteiger partial charge in [-0.05, 0) is 58.9 Å². The van der Waals surface area contributed by atoms with Gasteiger partial charge >= 0.3 is 0 Å². The average Bonchev–Trinajstić information content (AvgIpc) is 2.66. The minimum absolute atomic E-state index is 0.177. The predicted molar refractivity (Wildman–Crippen MR) is 87.1 cm³/mol. The lowest BCUT2D eigenvalue weighted by Gasteiger charge is -2.34. The first-order valence-electron chi connectivity index (χ1n) is 7.97. The monoisotopic (exact) mass is 279 g/mol. The van der Waals surface area contributed by atoms with E-state index < -0.39 is 0 Å². The van der Waals surface area contributed by atoms with E-state index >= 15 is 0 Å². The summed E-state index contributed by atoms with van der Waals surface area (Å²) in [6.07, 6.45) is 3.56. The molecule has 1 aromatic heterocycles. The van der Waals surface area contributed by atoms with Crippen LogP contribution < -0.4 is 5.32 Å². The van der Waals surface area contributed by atoms with Crippen LogP contribution in [0.2, 0.25) is 0 Å². The van der Waals surface area contributed by atoms with E-state index in [4.69, 9.17) is 0 Å². The number of aromatic nitrogens is 2. The standard InChI is InChI=1S/C17H33N3/c1-8-10-17(7,13-18-16(4,5)6)12-15-11-14(3)19-20(15)9-2/h11,18H,8-10,12-13H2,1-7H3. The van der Waals surface area contributed by atoms with Gasteiger partial charge in [0.2, 0.25) is 0 Å². The molecule has 0 aliphatic carbocycles. The van der Waals surface area contributed by atoms with Crippen LogP contribution in [0.25, 0.3) is 0 Å². The summed E-state index contributed by atoms with van der Waals surface area (Å²) in [6, 6.07) is 2.24. The summed E-state index contributed by atoms with van der Waals surface area (Å²) >= 11 is 0. The molecule has 0 aliphatic rings. The first-order chi connectivity index (χ1) is 9.19. The molecule has 1 N–H and O–H groups in total. The van der Waals surface area contributed by atoms with Crippen molar-refractivity contribution in [1.82, 2.24) is 15.1 Å². The summed E-state index contributed by atoms with van der Waals surface area (Å²) in [4.78, 5) is 0. The molecule has 0 bridgehead atoms. The van der Waals surface area contributed by atoms with Crippen LogP contribution >= 0.6 is 0 Å². The molecule has 0 saturated heterocycles. The van der Waals surface area contributed by atoms with Crippen molar-refractivity contribution in [2.24, 2.45) is 5.41 Å². The third-order valence-electron chi connectivity index (χ3n) is 3.79. The molecular formula is C17H33N3. The normalized spacial score (nSPS) is 15.3. The van der Waals surface area contributed by atoms with Crippen LogP contribution in [0.3, 0.4) is 0 Å². The molecule has 3 nitrogen and oxygen atoms in total. The van der Waals surface area contributed by atoms with Crippen molar-refractivity contribution < 1.29 is 0 Å². The van der Waals surface area contributed by atoms with Crippen molar-refractivity contribution in [2.75, 3.05) is 6.54 Å². The maximum absolute atomic E-state index is 4.58. The number of rotatable bonds is 7. The molecule has 0 aromatic carbocycles. The first-order valence-corrected chi connectivity index (χ1v) is 7.97. The van der Waals surface area contributed by atoms with E-state index in [0.717, 1.165) is 25.2 Å². The van der Waals surface area contributed by atoms with E-state index in [-0.39, 0.29) is 5.54 Å². The third-order valence-corrected chi connectivity index (χ3v) is 3.79. The van der Waals surface area contributed by atoms with E-state index in [1.54, 1.807) is 0 Å². The highest BCUT2D eigenvalue weighted by atomic mass is 15.3. The number of nitrogens with zero attached hydrogens (tertiary/aromatic N) is 2. The lowest BCUT2D eigenvalue weighted by atomic mass is 9.80. The number of hydrogen-bond acceptors (Lipinski definition) is 2. The second-order valence-electron chi connectivity index (χ2n) is 7.43. The van der Waals surface area contributed by atoms with Gasteiger partial charge in [-0.25, -0.2) is 0 Å². The van der Waals surface area contributed by atoms with Crippen molar-refractivity contribution in [2.45, 2.75) is 79.8 Å². The fourth-order valence-corrected chi connectivity index (χ4v) is 2.77. The highest BCUT2D eigenvalue weighted by molar-refractivity contribution is 5.11. The molecule has 0 fully saturated rings. The summed E-state index contributed by atoms with van der Waals surface area (Å²) < 4.78 is 2.15. The van der Waals surface area contributed by atoms with Gasteiger partial charge in [-0.2, -0.15) is 5.10 Å². The molecule has 1 atom stereocenters. The van der Waals surface area contributed by atoms with Gasteiger partial charge in [0.15, 0.2) is 0 Å². The third kappa shape index (κ3) is 5.28. The Bertz CT molecular complexity index is 414. The molecular weight excluding hydrogens is 246 g/mol. The molecule has 3 heteroatoms. The molecule has 0 saturated carbocycles. The van der Waals surface area contributed by atoms with Crippen LogP contribution in [-0.2, 0) is 13.0 Å². The second kappa shape index (κ2) is 6.75. The molecule has 0 radical (unpaired) electrons. The van der Waals surface area contributed by atoms with E-state index in [1.807, 2.05) is 0 Å². The van der Waals surface area contributed by atoms with E-state index in [2.05, 4.69) is 69.6 Å². The number of hydrogen-bond donors (Lipinski definition) is 1. The van der Waals surface area contributed by atoms with Crippen LogP contribution in [0.5, 0.6) is 0 Å². The van der Waals surface area contributed by atoms with Crippen molar-refractivity contribution in [3.05, 3.63) is 17.5 Å². The number of nitrogens with one attached hydrogen (secondary N) is 1. The maximum atomic E-state index is 4.58. The first kappa shape index (κ1) is 17.2. The van der Waals surface area contributed by atoms with Gasteiger partial charge in [0.25, 0.3) is 0 Å². The zero-order valence-corrected chi connectivity index (χ0v) is 14.5. The zero-order chi connectivity index (χ0) is 15.4. The Labute approximate surface area is 125 Å². The van der Waals surface area contributed by atoms with Crippen LogP contribution in [0, 0.1) is 12.3 Å². The Balaban J connectivity index is 2.84. The largest absolute Gasteiger partial charge is 0.312 e. The van der Waals surface area contributed by atoms with Gasteiger partial charge in [0, 0.05) is 24.3 Å². The van der Waals surface area contributed by atoms with Gasteiger partial charge in [-0.1, -0.05) is 20.3 Å². The second-order valence-corrected chi connectivity index (χ2v) is 7.43. The van der Waals surface area contributed by atoms with Gasteiger partial charge in [-0.3, -0.25) is 4.68 Å². The fourth-order valence-electron chi connectivity index (χ4n) is 2.77. The Hall–Kier alpha value is -0.830. The quantitative estimate of drug-likeness (QED) is 0.819. The summed E-state index contributed by atoms with van der Waals surface area (Å²) in [5, 5.41) is 8.26. The highest BCUT2D eigenvalue weighted by Gasteiger charge is 2.27. The van der Waals surface area contributed by atoms with Crippen LogP contribution in [0.15, 0.2) is 6.07 Å². The van der Waals surface area contributed by atoms with Gasteiger partial charge < -0.3 is 5.32 Å². The SMILES string of the molecule is CCCC(C)(CNC(C)(C)C)Cc1cc(C)nn1CC. The maximum Gasteiger partial charge on any atom is 0.0596 e. The Morgan fingerprint density at radius 1 is 1.20 bits per heavy atom. The molecule has 116 valence electrons. The summed E-state index contributed by atoms with van der Waals surface area (Å²) in [5.41, 5.74) is 2.97. The summed E-state index contributed by atoms with van der Waals surface area (Å²) in [7, 11) is 0. The number of aryl methyl sites for hydroxylation is 2. The summed E-state index contributed by atoms with van der Waals surface area (Å²) in [5.74, 6) is 0. The van der Waals surface area contributed by atoms with Crippen molar-refractivity contribution >= 4 is 0 Å². The van der Waals surface area contributed by atoms with E-state index in [0.29, 0.717) is 5.41 Å². The summed E-state index contributed by atoms with van der Waals surface area (Å²) in [6.45, 7) is 17.6. The van der Waals surface area contributed by atoms with Crippen molar-refractivity contribution in [3.8, 4) is 0 Å². The van der Waals surface area contributed by atoms with Gasteiger partial charge in [0.05, 0.1) is 5.69 Å². The van der Waals surface area contributed by atoms with Gasteiger partial charge in [0.1, 0.15) is 0 Å². The molecule has 1 rings (SSSR count). The lowest BCUT2D eigenvalue weighted by Crippen LogP contribution is -2.44. The van der Waals surface area contributed by atoms with Crippen LogP contribution in [0.1, 0.15) is 65.8 Å². The van der Waals surface area contributed by atoms with E-state index in [9.17, 15) is 0 Å². The lowest BCUT2D eigenvalue weighted by molar-refractivity contribution is 0.239. The fraction of sp³-hybridized carbons (Fsp3) is 0.824. The molecule has 1 heterocycles. The van der Waals surface area contributed by atoms with Crippen molar-refractivity contribution in [3.63, 3.8) is 0 Å². The molecule has 20 heavy (non-hydrogen) atoms. The zero-order valence-electron chi connectivity index (χ0n) is 14.5. The molecule has 1 aromatic rings. The Morgan fingerprint density at radius 2 is 1.85 bits per heavy atom. The molecule has 0 amide bonds. The molecule has 1 unspecified atom stereocenters. The van der Waals surface area contributed by atoms with Crippen molar-refractivity contribution in [1.29, 1.82) is 0 Å². The molecule has 0 aliphatic heterocycles. The smallest absolute Gasteiger partial charge is 0.0596 e. The van der Waals surface area contributed by atoms with Crippen LogP contribution in [0.4, 0.5) is 0 Å². The highest BCUT2D eigenvalue weighted by Crippen LogP contribution is 2.28. The minimum Gasteiger partial charge on any atom is -0.312 e. The van der Waals surface area contributed by atoms with Gasteiger partial charge in [-0.15, -0.1) is 0 Å². The predicted octanol–water partition coefficient (Wildman–Crippen LogP) is 3.95. The minimum atomic E-state index is 0.177. The van der Waals surface area contributed by atoms with Crippen LogP contribution in [-0.4, -0.2) is 21.9 Å².